The van der Waals surface area contributed by atoms with E-state index < -0.39 is 0 Å². The third kappa shape index (κ3) is 4.09. The van der Waals surface area contributed by atoms with Crippen LogP contribution >= 0.6 is 15.9 Å². The predicted molar refractivity (Wildman–Crippen MR) is 110 cm³/mol. The lowest BCUT2D eigenvalue weighted by Crippen LogP contribution is -2.35. The summed E-state index contributed by atoms with van der Waals surface area (Å²) in [6, 6.07) is 16.0. The largest absolute Gasteiger partial charge is 0.370 e. The van der Waals surface area contributed by atoms with Gasteiger partial charge in [-0.3, -0.25) is 4.79 Å². The molecule has 1 amide bonds. The number of hydrogen-bond acceptors (Lipinski definition) is 3. The number of halogens is 2. The van der Waals surface area contributed by atoms with E-state index in [1.165, 1.54) is 12.1 Å². The third-order valence-corrected chi connectivity index (χ3v) is 5.35. The first kappa shape index (κ1) is 18.7. The summed E-state index contributed by atoms with van der Waals surface area (Å²) in [7, 11) is 0. The summed E-state index contributed by atoms with van der Waals surface area (Å²) in [6.45, 7) is 2.84. The highest BCUT2D eigenvalue weighted by atomic mass is 79.9. The summed E-state index contributed by atoms with van der Waals surface area (Å²) in [4.78, 5) is 17.0. The van der Waals surface area contributed by atoms with Gasteiger partial charge in [-0.25, -0.2) is 9.07 Å². The SMILES string of the molecule is O=C(c1ccn(-c2cccc(Br)c2)n1)N1CCCN(c2ccc(F)cc2)CC1. The van der Waals surface area contributed by atoms with Crippen molar-refractivity contribution in [1.29, 1.82) is 0 Å². The second-order valence-electron chi connectivity index (χ2n) is 6.73. The van der Waals surface area contributed by atoms with E-state index in [9.17, 15) is 9.18 Å². The molecule has 0 radical (unpaired) electrons. The van der Waals surface area contributed by atoms with Crippen LogP contribution in [0.2, 0.25) is 0 Å². The van der Waals surface area contributed by atoms with E-state index in [2.05, 4.69) is 25.9 Å². The Morgan fingerprint density at radius 1 is 0.964 bits per heavy atom. The first-order valence-electron chi connectivity index (χ1n) is 9.21. The molecule has 1 fully saturated rings. The van der Waals surface area contributed by atoms with Crippen LogP contribution in [0.4, 0.5) is 10.1 Å². The summed E-state index contributed by atoms with van der Waals surface area (Å²) in [5.74, 6) is -0.300. The second-order valence-corrected chi connectivity index (χ2v) is 7.65. The van der Waals surface area contributed by atoms with E-state index in [0.717, 1.165) is 28.8 Å². The zero-order chi connectivity index (χ0) is 19.5. The summed E-state index contributed by atoms with van der Waals surface area (Å²) < 4.78 is 15.8. The standard InChI is InChI=1S/C21H20BrFN4O/c22-16-3-1-4-19(15-16)27-12-9-20(24-27)21(28)26-11-2-10-25(13-14-26)18-7-5-17(23)6-8-18/h1,3-9,12,15H,2,10-11,13-14H2. The number of nitrogens with zero attached hydrogens (tertiary/aromatic N) is 4. The zero-order valence-corrected chi connectivity index (χ0v) is 16.8. The zero-order valence-electron chi connectivity index (χ0n) is 15.3. The molecule has 5 nitrogen and oxygen atoms in total. The van der Waals surface area contributed by atoms with Crippen molar-refractivity contribution in [2.45, 2.75) is 6.42 Å². The van der Waals surface area contributed by atoms with Gasteiger partial charge in [0.15, 0.2) is 5.69 Å². The van der Waals surface area contributed by atoms with Crippen molar-refractivity contribution in [3.63, 3.8) is 0 Å². The average molecular weight is 443 g/mol. The summed E-state index contributed by atoms with van der Waals surface area (Å²) >= 11 is 3.45. The fraction of sp³-hybridized carbons (Fsp3) is 0.238. The topological polar surface area (TPSA) is 41.4 Å². The Bertz CT molecular complexity index is 973. The molecule has 0 atom stereocenters. The van der Waals surface area contributed by atoms with Gasteiger partial charge in [-0.05, 0) is 55.0 Å². The molecule has 1 aromatic heterocycles. The van der Waals surface area contributed by atoms with Gasteiger partial charge < -0.3 is 9.80 Å². The minimum absolute atomic E-state index is 0.0605. The molecule has 1 saturated heterocycles. The lowest BCUT2D eigenvalue weighted by Gasteiger charge is -2.23. The first-order chi connectivity index (χ1) is 13.6. The van der Waals surface area contributed by atoms with Crippen molar-refractivity contribution in [3.05, 3.63) is 76.8 Å². The van der Waals surface area contributed by atoms with E-state index in [0.29, 0.717) is 25.3 Å². The molecule has 0 saturated carbocycles. The Hall–Kier alpha value is -2.67. The molecule has 0 bridgehead atoms. The molecule has 0 aliphatic carbocycles. The summed E-state index contributed by atoms with van der Waals surface area (Å²) in [5, 5.41) is 4.46. The van der Waals surface area contributed by atoms with Gasteiger partial charge in [0.05, 0.1) is 5.69 Å². The van der Waals surface area contributed by atoms with Crippen LogP contribution in [0, 0.1) is 5.82 Å². The normalized spacial score (nSPS) is 14.8. The van der Waals surface area contributed by atoms with Crippen molar-refractivity contribution >= 4 is 27.5 Å². The van der Waals surface area contributed by atoms with Crippen molar-refractivity contribution in [2.24, 2.45) is 0 Å². The smallest absolute Gasteiger partial charge is 0.274 e. The lowest BCUT2D eigenvalue weighted by molar-refractivity contribution is 0.0760. The quantitative estimate of drug-likeness (QED) is 0.612. The molecule has 1 aliphatic heterocycles. The van der Waals surface area contributed by atoms with Gasteiger partial charge in [0.2, 0.25) is 0 Å². The van der Waals surface area contributed by atoms with Gasteiger partial charge in [0.25, 0.3) is 5.91 Å². The van der Waals surface area contributed by atoms with Crippen molar-refractivity contribution in [1.82, 2.24) is 14.7 Å². The monoisotopic (exact) mass is 442 g/mol. The molecule has 0 unspecified atom stereocenters. The molecule has 2 aromatic carbocycles. The van der Waals surface area contributed by atoms with E-state index in [1.54, 1.807) is 29.1 Å². The van der Waals surface area contributed by atoms with Crippen LogP contribution in [0.25, 0.3) is 5.69 Å². The maximum Gasteiger partial charge on any atom is 0.274 e. The molecular weight excluding hydrogens is 423 g/mol. The molecule has 144 valence electrons. The van der Waals surface area contributed by atoms with Crippen LogP contribution in [0.3, 0.4) is 0 Å². The summed E-state index contributed by atoms with van der Waals surface area (Å²) in [5.41, 5.74) is 2.32. The van der Waals surface area contributed by atoms with Gasteiger partial charge >= 0.3 is 0 Å². The van der Waals surface area contributed by atoms with Crippen LogP contribution in [0.1, 0.15) is 16.9 Å². The van der Waals surface area contributed by atoms with E-state index >= 15 is 0 Å². The lowest BCUT2D eigenvalue weighted by atomic mass is 10.2. The second kappa shape index (κ2) is 8.14. The molecule has 3 aromatic rings. The van der Waals surface area contributed by atoms with Crippen molar-refractivity contribution in [3.8, 4) is 5.69 Å². The molecule has 7 heteroatoms. The fourth-order valence-corrected chi connectivity index (χ4v) is 3.78. The minimum Gasteiger partial charge on any atom is -0.370 e. The Balaban J connectivity index is 1.45. The Morgan fingerprint density at radius 3 is 2.57 bits per heavy atom. The summed E-state index contributed by atoms with van der Waals surface area (Å²) in [6.07, 6.45) is 2.66. The van der Waals surface area contributed by atoms with Gasteiger partial charge in [-0.2, -0.15) is 5.10 Å². The molecule has 0 N–H and O–H groups in total. The number of benzene rings is 2. The van der Waals surface area contributed by atoms with Crippen molar-refractivity contribution < 1.29 is 9.18 Å². The maximum absolute atomic E-state index is 13.2. The number of aromatic nitrogens is 2. The number of rotatable bonds is 3. The average Bonchev–Trinajstić information content (AvgIpc) is 3.07. The predicted octanol–water partition coefficient (Wildman–Crippen LogP) is 4.13. The van der Waals surface area contributed by atoms with E-state index in [4.69, 9.17) is 0 Å². The van der Waals surface area contributed by atoms with Crippen LogP contribution in [-0.2, 0) is 0 Å². The highest BCUT2D eigenvalue weighted by Crippen LogP contribution is 2.19. The van der Waals surface area contributed by atoms with E-state index in [-0.39, 0.29) is 11.7 Å². The third-order valence-electron chi connectivity index (χ3n) is 4.86. The molecular formula is C21H20BrFN4O. The number of amides is 1. The molecule has 4 rings (SSSR count). The van der Waals surface area contributed by atoms with Crippen LogP contribution in [0.15, 0.2) is 65.3 Å². The Kier molecular flexibility index (Phi) is 5.43. The van der Waals surface area contributed by atoms with E-state index in [1.807, 2.05) is 29.2 Å². The maximum atomic E-state index is 13.2. The van der Waals surface area contributed by atoms with Gasteiger partial charge in [-0.1, -0.05) is 22.0 Å². The highest BCUT2D eigenvalue weighted by Gasteiger charge is 2.22. The Morgan fingerprint density at radius 2 is 1.79 bits per heavy atom. The van der Waals surface area contributed by atoms with Gasteiger partial charge in [-0.15, -0.1) is 0 Å². The number of carbonyl (C=O) groups is 1. The number of anilines is 1. The minimum atomic E-state index is -0.239. The Labute approximate surface area is 171 Å². The molecule has 0 spiro atoms. The number of hydrogen-bond donors (Lipinski definition) is 0. The molecule has 2 heterocycles. The molecule has 28 heavy (non-hydrogen) atoms. The van der Waals surface area contributed by atoms with Gasteiger partial charge in [0, 0.05) is 42.5 Å². The first-order valence-corrected chi connectivity index (χ1v) is 10.0. The number of carbonyl (C=O) groups excluding carboxylic acids is 1. The fourth-order valence-electron chi connectivity index (χ4n) is 3.39. The van der Waals surface area contributed by atoms with Crippen LogP contribution in [-0.4, -0.2) is 46.8 Å². The van der Waals surface area contributed by atoms with Crippen molar-refractivity contribution in [2.75, 3.05) is 31.1 Å². The molecule has 1 aliphatic rings. The van der Waals surface area contributed by atoms with Crippen LogP contribution in [0.5, 0.6) is 0 Å². The van der Waals surface area contributed by atoms with Gasteiger partial charge in [0.1, 0.15) is 5.82 Å². The van der Waals surface area contributed by atoms with Crippen LogP contribution < -0.4 is 4.90 Å². The highest BCUT2D eigenvalue weighted by molar-refractivity contribution is 9.10.